The van der Waals surface area contributed by atoms with E-state index in [1.54, 1.807) is 12.1 Å². The smallest absolute Gasteiger partial charge is 0.311 e. The van der Waals surface area contributed by atoms with Crippen LogP contribution >= 0.6 is 0 Å². The normalized spacial score (nSPS) is 19.4. The van der Waals surface area contributed by atoms with Crippen molar-refractivity contribution in [2.24, 2.45) is 5.92 Å². The first-order valence-corrected chi connectivity index (χ1v) is 6.35. The van der Waals surface area contributed by atoms with Gasteiger partial charge in [0, 0.05) is 30.9 Å². The SMILES string of the molecule is COc1cc(NCC2CCN(C)C2)ccc1[N+](=O)[O-]. The predicted octanol–water partition coefficient (Wildman–Crippen LogP) is 1.97. The number of nitro groups is 1. The molecule has 0 saturated carbocycles. The highest BCUT2D eigenvalue weighted by atomic mass is 16.6. The topological polar surface area (TPSA) is 67.6 Å². The molecule has 2 rings (SSSR count). The highest BCUT2D eigenvalue weighted by Crippen LogP contribution is 2.29. The van der Waals surface area contributed by atoms with Crippen LogP contribution in [0.4, 0.5) is 11.4 Å². The predicted molar refractivity (Wildman–Crippen MR) is 73.7 cm³/mol. The maximum absolute atomic E-state index is 10.8. The van der Waals surface area contributed by atoms with Crippen LogP contribution in [0, 0.1) is 16.0 Å². The third-order valence-corrected chi connectivity index (χ3v) is 3.46. The van der Waals surface area contributed by atoms with Crippen LogP contribution in [0.1, 0.15) is 6.42 Å². The van der Waals surface area contributed by atoms with Crippen LogP contribution < -0.4 is 10.1 Å². The van der Waals surface area contributed by atoms with Gasteiger partial charge in [-0.25, -0.2) is 0 Å². The van der Waals surface area contributed by atoms with Crippen molar-refractivity contribution in [3.63, 3.8) is 0 Å². The van der Waals surface area contributed by atoms with Crippen molar-refractivity contribution in [3.8, 4) is 5.75 Å². The number of nitro benzene ring substituents is 1. The number of nitrogens with one attached hydrogen (secondary N) is 1. The second-order valence-electron chi connectivity index (χ2n) is 4.94. The van der Waals surface area contributed by atoms with Crippen molar-refractivity contribution in [1.82, 2.24) is 4.90 Å². The summed E-state index contributed by atoms with van der Waals surface area (Å²) < 4.78 is 5.05. The van der Waals surface area contributed by atoms with Gasteiger partial charge in [0.05, 0.1) is 12.0 Å². The lowest BCUT2D eigenvalue weighted by molar-refractivity contribution is -0.385. The maximum Gasteiger partial charge on any atom is 0.311 e. The van der Waals surface area contributed by atoms with Crippen molar-refractivity contribution in [2.45, 2.75) is 6.42 Å². The molecule has 1 aromatic carbocycles. The van der Waals surface area contributed by atoms with Gasteiger partial charge in [-0.05, 0) is 32.0 Å². The first-order chi connectivity index (χ1) is 9.10. The number of hydrogen-bond donors (Lipinski definition) is 1. The summed E-state index contributed by atoms with van der Waals surface area (Å²) in [5.41, 5.74) is 0.852. The summed E-state index contributed by atoms with van der Waals surface area (Å²) in [5, 5.41) is 14.1. The zero-order valence-corrected chi connectivity index (χ0v) is 11.3. The van der Waals surface area contributed by atoms with Crippen LogP contribution in [0.25, 0.3) is 0 Å². The van der Waals surface area contributed by atoms with Crippen LogP contribution in [0.3, 0.4) is 0 Å². The molecular weight excluding hydrogens is 246 g/mol. The summed E-state index contributed by atoms with van der Waals surface area (Å²) in [6.07, 6.45) is 1.19. The summed E-state index contributed by atoms with van der Waals surface area (Å²) in [5.74, 6) is 0.921. The molecule has 0 radical (unpaired) electrons. The first kappa shape index (κ1) is 13.6. The fraction of sp³-hybridized carbons (Fsp3) is 0.538. The quantitative estimate of drug-likeness (QED) is 0.651. The van der Waals surface area contributed by atoms with Gasteiger partial charge in [0.25, 0.3) is 0 Å². The Balaban J connectivity index is 1.99. The molecule has 1 N–H and O–H groups in total. The number of nitrogens with zero attached hydrogens (tertiary/aromatic N) is 2. The first-order valence-electron chi connectivity index (χ1n) is 6.35. The average Bonchev–Trinajstić information content (AvgIpc) is 2.81. The Labute approximate surface area is 112 Å². The third-order valence-electron chi connectivity index (χ3n) is 3.46. The number of anilines is 1. The van der Waals surface area contributed by atoms with Gasteiger partial charge in [0.2, 0.25) is 0 Å². The van der Waals surface area contributed by atoms with Gasteiger partial charge in [-0.3, -0.25) is 10.1 Å². The highest BCUT2D eigenvalue weighted by Gasteiger charge is 2.19. The van der Waals surface area contributed by atoms with E-state index in [9.17, 15) is 10.1 Å². The van der Waals surface area contributed by atoms with Gasteiger partial charge < -0.3 is 15.0 Å². The summed E-state index contributed by atoms with van der Waals surface area (Å²) in [6, 6.07) is 4.87. The standard InChI is InChI=1S/C13H19N3O3/c1-15-6-5-10(9-15)8-14-11-3-4-12(16(17)18)13(7-11)19-2/h3-4,7,10,14H,5-6,8-9H2,1-2H3. The molecule has 1 fully saturated rings. The second kappa shape index (κ2) is 5.88. The molecule has 0 amide bonds. The Bertz CT molecular complexity index is 464. The molecule has 19 heavy (non-hydrogen) atoms. The Morgan fingerprint density at radius 1 is 1.58 bits per heavy atom. The Morgan fingerprint density at radius 3 is 2.95 bits per heavy atom. The van der Waals surface area contributed by atoms with Crippen LogP contribution in [-0.2, 0) is 0 Å². The molecule has 1 aromatic rings. The van der Waals surface area contributed by atoms with Crippen LogP contribution in [0.15, 0.2) is 18.2 Å². The third kappa shape index (κ3) is 3.35. The summed E-state index contributed by atoms with van der Waals surface area (Å²) >= 11 is 0. The largest absolute Gasteiger partial charge is 0.490 e. The van der Waals surface area contributed by atoms with Gasteiger partial charge in [0.1, 0.15) is 0 Å². The molecule has 1 unspecified atom stereocenters. The van der Waals surface area contributed by atoms with E-state index in [4.69, 9.17) is 4.74 Å². The molecule has 6 nitrogen and oxygen atoms in total. The van der Waals surface area contributed by atoms with Crippen molar-refractivity contribution >= 4 is 11.4 Å². The molecule has 1 aliphatic heterocycles. The Morgan fingerprint density at radius 2 is 2.37 bits per heavy atom. The zero-order chi connectivity index (χ0) is 13.8. The molecule has 1 saturated heterocycles. The number of likely N-dealkylation sites (tertiary alicyclic amines) is 1. The summed E-state index contributed by atoms with van der Waals surface area (Å²) in [6.45, 7) is 3.11. The number of ether oxygens (including phenoxy) is 1. The van der Waals surface area contributed by atoms with E-state index in [0.29, 0.717) is 11.7 Å². The summed E-state index contributed by atoms with van der Waals surface area (Å²) in [7, 11) is 3.56. The van der Waals surface area contributed by atoms with E-state index in [0.717, 1.165) is 25.3 Å². The van der Waals surface area contributed by atoms with Gasteiger partial charge >= 0.3 is 5.69 Å². The fourth-order valence-electron chi connectivity index (χ4n) is 2.39. The lowest BCUT2D eigenvalue weighted by Gasteiger charge is -2.13. The van der Waals surface area contributed by atoms with Crippen LogP contribution in [0.5, 0.6) is 5.75 Å². The van der Waals surface area contributed by atoms with Gasteiger partial charge in [-0.15, -0.1) is 0 Å². The number of methoxy groups -OCH3 is 1. The fourth-order valence-corrected chi connectivity index (χ4v) is 2.39. The van der Waals surface area contributed by atoms with Crippen molar-refractivity contribution in [2.75, 3.05) is 39.1 Å². The molecule has 1 heterocycles. The molecule has 1 aliphatic rings. The van der Waals surface area contributed by atoms with Crippen molar-refractivity contribution in [1.29, 1.82) is 0 Å². The Hall–Kier alpha value is -1.82. The van der Waals surface area contributed by atoms with Gasteiger partial charge in [-0.2, -0.15) is 0 Å². The molecule has 1 atom stereocenters. The molecular formula is C13H19N3O3. The minimum absolute atomic E-state index is 0.00588. The lowest BCUT2D eigenvalue weighted by atomic mass is 10.1. The van der Waals surface area contributed by atoms with Crippen molar-refractivity contribution < 1.29 is 9.66 Å². The van der Waals surface area contributed by atoms with Gasteiger partial charge in [-0.1, -0.05) is 0 Å². The molecule has 0 aromatic heterocycles. The number of benzene rings is 1. The van der Waals surface area contributed by atoms with E-state index >= 15 is 0 Å². The average molecular weight is 265 g/mol. The minimum atomic E-state index is -0.436. The second-order valence-corrected chi connectivity index (χ2v) is 4.94. The van der Waals surface area contributed by atoms with Crippen LogP contribution in [-0.4, -0.2) is 43.6 Å². The van der Waals surface area contributed by atoms with Gasteiger partial charge in [0.15, 0.2) is 5.75 Å². The monoisotopic (exact) mass is 265 g/mol. The molecule has 0 bridgehead atoms. The van der Waals surface area contributed by atoms with E-state index in [1.165, 1.54) is 19.6 Å². The van der Waals surface area contributed by atoms with E-state index in [1.807, 2.05) is 0 Å². The highest BCUT2D eigenvalue weighted by molar-refractivity contribution is 5.57. The Kier molecular flexibility index (Phi) is 4.21. The van der Waals surface area contributed by atoms with Crippen LogP contribution in [0.2, 0.25) is 0 Å². The zero-order valence-electron chi connectivity index (χ0n) is 11.3. The van der Waals surface area contributed by atoms with E-state index < -0.39 is 4.92 Å². The van der Waals surface area contributed by atoms with Crippen molar-refractivity contribution in [3.05, 3.63) is 28.3 Å². The summed E-state index contributed by atoms with van der Waals surface area (Å²) in [4.78, 5) is 12.7. The molecule has 6 heteroatoms. The molecule has 0 aliphatic carbocycles. The molecule has 104 valence electrons. The number of rotatable bonds is 5. The van der Waals surface area contributed by atoms with E-state index in [-0.39, 0.29) is 5.69 Å². The number of hydrogen-bond acceptors (Lipinski definition) is 5. The maximum atomic E-state index is 10.8. The van der Waals surface area contributed by atoms with E-state index in [2.05, 4.69) is 17.3 Å². The minimum Gasteiger partial charge on any atom is -0.490 e. The molecule has 0 spiro atoms. The lowest BCUT2D eigenvalue weighted by Crippen LogP contribution is -2.19.